The van der Waals surface area contributed by atoms with E-state index in [2.05, 4.69) is 15.6 Å². The lowest BCUT2D eigenvalue weighted by atomic mass is 9.97. The molecule has 4 rings (SSSR count). The zero-order valence-electron chi connectivity index (χ0n) is 22.3. The monoisotopic (exact) mass is 515 g/mol. The standard InChI is InChI=1S/C29H33N5O4/c1-6-29(2,3)30-28(36)26(21-15-12-18-24(37-4)27(21)38-5)34(20-13-8-7-9-14-20)25(35)19-33-23-17-11-10-16-22(23)31-32-33/h7-18,26H,6,19H2,1-5H3,(H,30,36). The highest BCUT2D eigenvalue weighted by Gasteiger charge is 2.37. The molecule has 0 spiro atoms. The van der Waals surface area contributed by atoms with E-state index in [0.29, 0.717) is 34.7 Å². The van der Waals surface area contributed by atoms with E-state index in [1.165, 1.54) is 19.1 Å². The molecule has 0 fully saturated rings. The van der Waals surface area contributed by atoms with E-state index >= 15 is 0 Å². The van der Waals surface area contributed by atoms with Gasteiger partial charge in [0.05, 0.1) is 19.7 Å². The number of nitrogens with one attached hydrogen (secondary N) is 1. The van der Waals surface area contributed by atoms with Crippen molar-refractivity contribution in [1.82, 2.24) is 20.3 Å². The predicted octanol–water partition coefficient (Wildman–Crippen LogP) is 4.53. The summed E-state index contributed by atoms with van der Waals surface area (Å²) < 4.78 is 12.8. The van der Waals surface area contributed by atoms with E-state index in [-0.39, 0.29) is 18.4 Å². The summed E-state index contributed by atoms with van der Waals surface area (Å²) in [5.41, 5.74) is 1.95. The van der Waals surface area contributed by atoms with Crippen LogP contribution >= 0.6 is 0 Å². The average Bonchev–Trinajstić information content (AvgIpc) is 3.33. The number of benzene rings is 3. The van der Waals surface area contributed by atoms with Crippen molar-refractivity contribution in [2.45, 2.75) is 45.3 Å². The molecule has 0 saturated carbocycles. The Kier molecular flexibility index (Phi) is 7.95. The van der Waals surface area contributed by atoms with Crippen LogP contribution in [0.3, 0.4) is 0 Å². The van der Waals surface area contributed by atoms with E-state index in [1.807, 2.05) is 63.2 Å². The van der Waals surface area contributed by atoms with Gasteiger partial charge in [0.2, 0.25) is 11.8 Å². The molecule has 198 valence electrons. The summed E-state index contributed by atoms with van der Waals surface area (Å²) in [5.74, 6) is 0.153. The number of amides is 2. The van der Waals surface area contributed by atoms with Gasteiger partial charge in [0.15, 0.2) is 11.5 Å². The van der Waals surface area contributed by atoms with Gasteiger partial charge in [-0.25, -0.2) is 4.68 Å². The molecule has 1 N–H and O–H groups in total. The van der Waals surface area contributed by atoms with Crippen molar-refractivity contribution in [1.29, 1.82) is 0 Å². The molecule has 9 heteroatoms. The smallest absolute Gasteiger partial charge is 0.249 e. The van der Waals surface area contributed by atoms with Gasteiger partial charge in [-0.3, -0.25) is 14.5 Å². The van der Waals surface area contributed by atoms with Crippen molar-refractivity contribution in [3.63, 3.8) is 0 Å². The number of hydrogen-bond acceptors (Lipinski definition) is 6. The Hall–Kier alpha value is -4.40. The largest absolute Gasteiger partial charge is 0.493 e. The normalized spacial score (nSPS) is 12.1. The maximum absolute atomic E-state index is 14.1. The molecule has 0 radical (unpaired) electrons. The molecule has 3 aromatic carbocycles. The summed E-state index contributed by atoms with van der Waals surface area (Å²) >= 11 is 0. The summed E-state index contributed by atoms with van der Waals surface area (Å²) in [6.45, 7) is 5.77. The Morgan fingerprint density at radius 2 is 1.68 bits per heavy atom. The van der Waals surface area contributed by atoms with Crippen LogP contribution in [0.1, 0.15) is 38.8 Å². The fraction of sp³-hybridized carbons (Fsp3) is 0.310. The second kappa shape index (κ2) is 11.3. The first-order chi connectivity index (χ1) is 18.3. The molecule has 0 aliphatic rings. The number of para-hydroxylation sites is 3. The topological polar surface area (TPSA) is 98.6 Å². The molecular weight excluding hydrogens is 482 g/mol. The van der Waals surface area contributed by atoms with Crippen molar-refractivity contribution >= 4 is 28.5 Å². The first-order valence-corrected chi connectivity index (χ1v) is 12.5. The van der Waals surface area contributed by atoms with Crippen LogP contribution in [0.4, 0.5) is 5.69 Å². The van der Waals surface area contributed by atoms with E-state index in [4.69, 9.17) is 9.47 Å². The Labute approximate surface area is 222 Å². The first kappa shape index (κ1) is 26.7. The van der Waals surface area contributed by atoms with Crippen LogP contribution in [0.2, 0.25) is 0 Å². The van der Waals surface area contributed by atoms with Crippen LogP contribution in [0.15, 0.2) is 72.8 Å². The number of fused-ring (bicyclic) bond motifs is 1. The lowest BCUT2D eigenvalue weighted by molar-refractivity contribution is -0.128. The van der Waals surface area contributed by atoms with Crippen molar-refractivity contribution < 1.29 is 19.1 Å². The van der Waals surface area contributed by atoms with E-state index in [9.17, 15) is 9.59 Å². The minimum atomic E-state index is -1.06. The van der Waals surface area contributed by atoms with Crippen molar-refractivity contribution in [2.75, 3.05) is 19.1 Å². The number of rotatable bonds is 10. The zero-order valence-corrected chi connectivity index (χ0v) is 22.3. The fourth-order valence-corrected chi connectivity index (χ4v) is 4.28. The summed E-state index contributed by atoms with van der Waals surface area (Å²) in [6, 6.07) is 20.8. The Morgan fingerprint density at radius 3 is 2.37 bits per heavy atom. The van der Waals surface area contributed by atoms with Gasteiger partial charge in [0.25, 0.3) is 0 Å². The summed E-state index contributed by atoms with van der Waals surface area (Å²) in [7, 11) is 3.05. The van der Waals surface area contributed by atoms with Crippen LogP contribution in [-0.4, -0.2) is 46.6 Å². The van der Waals surface area contributed by atoms with E-state index in [1.54, 1.807) is 35.0 Å². The molecule has 4 aromatic rings. The molecule has 9 nitrogen and oxygen atoms in total. The van der Waals surface area contributed by atoms with Gasteiger partial charge in [0, 0.05) is 16.8 Å². The molecule has 1 unspecified atom stereocenters. The maximum Gasteiger partial charge on any atom is 0.249 e. The highest BCUT2D eigenvalue weighted by molar-refractivity contribution is 6.02. The van der Waals surface area contributed by atoms with Crippen molar-refractivity contribution in [3.05, 3.63) is 78.4 Å². The fourth-order valence-electron chi connectivity index (χ4n) is 4.28. The number of anilines is 1. The number of hydrogen-bond donors (Lipinski definition) is 1. The van der Waals surface area contributed by atoms with E-state index < -0.39 is 11.6 Å². The quantitative estimate of drug-likeness (QED) is 0.333. The molecule has 1 heterocycles. The highest BCUT2D eigenvalue weighted by atomic mass is 16.5. The third-order valence-electron chi connectivity index (χ3n) is 6.59. The number of carbonyl (C=O) groups is 2. The number of ether oxygens (including phenoxy) is 2. The average molecular weight is 516 g/mol. The molecule has 0 aliphatic carbocycles. The molecule has 0 aliphatic heterocycles. The molecular formula is C29H33N5O4. The van der Waals surface area contributed by atoms with Crippen LogP contribution in [-0.2, 0) is 16.1 Å². The predicted molar refractivity (Wildman–Crippen MR) is 146 cm³/mol. The lowest BCUT2D eigenvalue weighted by Crippen LogP contribution is -2.51. The van der Waals surface area contributed by atoms with Crippen LogP contribution in [0.25, 0.3) is 11.0 Å². The highest BCUT2D eigenvalue weighted by Crippen LogP contribution is 2.39. The molecule has 1 aromatic heterocycles. The third-order valence-corrected chi connectivity index (χ3v) is 6.59. The minimum absolute atomic E-state index is 0.122. The second-order valence-corrected chi connectivity index (χ2v) is 9.55. The van der Waals surface area contributed by atoms with Crippen LogP contribution < -0.4 is 19.7 Å². The molecule has 38 heavy (non-hydrogen) atoms. The van der Waals surface area contributed by atoms with Gasteiger partial charge in [-0.1, -0.05) is 54.6 Å². The number of aromatic nitrogens is 3. The maximum atomic E-state index is 14.1. The van der Waals surface area contributed by atoms with Gasteiger partial charge in [0.1, 0.15) is 18.1 Å². The van der Waals surface area contributed by atoms with Crippen molar-refractivity contribution in [2.24, 2.45) is 0 Å². The summed E-state index contributed by atoms with van der Waals surface area (Å²) in [4.78, 5) is 29.7. The van der Waals surface area contributed by atoms with Crippen LogP contribution in [0, 0.1) is 0 Å². The van der Waals surface area contributed by atoms with E-state index in [0.717, 1.165) is 5.52 Å². The number of nitrogens with zero attached hydrogens (tertiary/aromatic N) is 4. The second-order valence-electron chi connectivity index (χ2n) is 9.55. The molecule has 0 bridgehead atoms. The third kappa shape index (κ3) is 5.46. The SMILES string of the molecule is CCC(C)(C)NC(=O)C(c1cccc(OC)c1OC)N(C(=O)Cn1nnc2ccccc21)c1ccccc1. The van der Waals surface area contributed by atoms with Gasteiger partial charge in [-0.2, -0.15) is 0 Å². The molecule has 1 atom stereocenters. The number of carbonyl (C=O) groups excluding carboxylic acids is 2. The van der Waals surface area contributed by atoms with Gasteiger partial charge in [-0.05, 0) is 50.6 Å². The summed E-state index contributed by atoms with van der Waals surface area (Å²) in [5, 5.41) is 11.5. The van der Waals surface area contributed by atoms with Crippen molar-refractivity contribution in [3.8, 4) is 11.5 Å². The zero-order chi connectivity index (χ0) is 27.3. The Balaban J connectivity index is 1.88. The Morgan fingerprint density at radius 1 is 0.974 bits per heavy atom. The van der Waals surface area contributed by atoms with Gasteiger partial charge in [-0.15, -0.1) is 5.10 Å². The Bertz CT molecular complexity index is 1420. The van der Waals surface area contributed by atoms with Crippen LogP contribution in [0.5, 0.6) is 11.5 Å². The lowest BCUT2D eigenvalue weighted by Gasteiger charge is -2.35. The minimum Gasteiger partial charge on any atom is -0.493 e. The molecule has 2 amide bonds. The van der Waals surface area contributed by atoms with Gasteiger partial charge >= 0.3 is 0 Å². The molecule has 0 saturated heterocycles. The summed E-state index contributed by atoms with van der Waals surface area (Å²) in [6.07, 6.45) is 0.699. The first-order valence-electron chi connectivity index (χ1n) is 12.5. The number of methoxy groups -OCH3 is 2. The van der Waals surface area contributed by atoms with Gasteiger partial charge < -0.3 is 14.8 Å².